The molecule has 0 radical (unpaired) electrons. The maximum atomic E-state index is 11.6. The first kappa shape index (κ1) is 12.0. The Labute approximate surface area is 78.7 Å². The van der Waals surface area contributed by atoms with Crippen LogP contribution < -0.4 is 0 Å². The van der Waals surface area contributed by atoms with Gasteiger partial charge in [0.15, 0.2) is 0 Å². The minimum Gasteiger partial charge on any atom is -0.478 e. The first-order valence-electron chi connectivity index (χ1n) is 3.38. The van der Waals surface area contributed by atoms with Crippen molar-refractivity contribution in [3.8, 4) is 0 Å². The van der Waals surface area contributed by atoms with E-state index < -0.39 is 9.89 Å². The Kier molecular flexibility index (Phi) is 5.65. The van der Waals surface area contributed by atoms with E-state index in [1.807, 2.05) is 6.92 Å². The molecule has 0 fully saturated rings. The highest BCUT2D eigenvalue weighted by molar-refractivity contribution is 8.23. The number of alkyl halides is 3. The molecule has 0 atom stereocenters. The van der Waals surface area contributed by atoms with Gasteiger partial charge in [-0.05, 0) is 18.6 Å². The van der Waals surface area contributed by atoms with Gasteiger partial charge in [0.25, 0.3) is 0 Å². The summed E-state index contributed by atoms with van der Waals surface area (Å²) in [6.45, 7) is 2.18. The van der Waals surface area contributed by atoms with Crippen molar-refractivity contribution in [2.24, 2.45) is 0 Å². The minimum atomic E-state index is -4.33. The lowest BCUT2D eigenvalue weighted by molar-refractivity contribution is -0.0319. The zero-order valence-corrected chi connectivity index (χ0v) is 8.11. The van der Waals surface area contributed by atoms with Crippen LogP contribution in [0, 0.1) is 0 Å². The van der Waals surface area contributed by atoms with Crippen LogP contribution in [0.25, 0.3) is 0 Å². The molecule has 0 saturated carbocycles. The zero-order valence-electron chi connectivity index (χ0n) is 6.48. The lowest BCUT2D eigenvalue weighted by Gasteiger charge is -2.07. The molecule has 0 aromatic heterocycles. The third-order valence-corrected chi connectivity index (χ3v) is 1.80. The Hall–Kier alpha value is 0.0300. The van der Waals surface area contributed by atoms with Crippen LogP contribution in [0.4, 0.5) is 13.2 Å². The normalized spacial score (nSPS) is 11.3. The molecule has 0 aromatic carbocycles. The summed E-state index contributed by atoms with van der Waals surface area (Å²) in [5, 5.41) is 0. The molecule has 0 heterocycles. The molecule has 6 heteroatoms. The van der Waals surface area contributed by atoms with Crippen molar-refractivity contribution in [2.45, 2.75) is 25.3 Å². The quantitative estimate of drug-likeness (QED) is 0.531. The van der Waals surface area contributed by atoms with Gasteiger partial charge in [0.2, 0.25) is 4.38 Å². The number of rotatable bonds is 3. The highest BCUT2D eigenvalue weighted by Gasteiger charge is 2.31. The largest absolute Gasteiger partial charge is 0.478 e. The number of hydrogen-bond acceptors (Lipinski definition) is 3. The summed E-state index contributed by atoms with van der Waals surface area (Å²) >= 11 is 3.95. The number of halogens is 3. The van der Waals surface area contributed by atoms with Crippen LogP contribution in [0.3, 0.4) is 0 Å². The lowest BCUT2D eigenvalue weighted by Crippen LogP contribution is -2.08. The van der Waals surface area contributed by atoms with Crippen LogP contribution in [-0.4, -0.2) is 16.5 Å². The van der Waals surface area contributed by atoms with Gasteiger partial charge in [-0.1, -0.05) is 13.3 Å². The van der Waals surface area contributed by atoms with E-state index in [2.05, 4.69) is 17.0 Å². The van der Waals surface area contributed by atoms with Crippen molar-refractivity contribution in [2.75, 3.05) is 6.61 Å². The monoisotopic (exact) mass is 218 g/mol. The average Bonchev–Trinajstić information content (AvgIpc) is 1.84. The summed E-state index contributed by atoms with van der Waals surface area (Å²) in [4.78, 5) is 0. The Bertz CT molecular complexity index is 146. The minimum absolute atomic E-state index is 0.262. The third kappa shape index (κ3) is 8.13. The van der Waals surface area contributed by atoms with Gasteiger partial charge in [-0.3, -0.25) is 0 Å². The van der Waals surface area contributed by atoms with Crippen molar-refractivity contribution in [3.63, 3.8) is 0 Å². The number of hydrogen-bond donors (Lipinski definition) is 0. The molecule has 72 valence electrons. The Balaban J connectivity index is 3.47. The molecule has 0 rings (SSSR count). The summed E-state index contributed by atoms with van der Waals surface area (Å²) in [5.74, 6) is 0. The van der Waals surface area contributed by atoms with Crippen LogP contribution in [0.2, 0.25) is 0 Å². The van der Waals surface area contributed by atoms with Crippen LogP contribution in [-0.2, 0) is 4.74 Å². The van der Waals surface area contributed by atoms with Gasteiger partial charge in [-0.15, -0.1) is 0 Å². The zero-order chi connectivity index (χ0) is 9.61. The molecule has 0 aliphatic carbocycles. The van der Waals surface area contributed by atoms with E-state index >= 15 is 0 Å². The molecular formula is C6H9F3OS2. The highest BCUT2D eigenvalue weighted by Crippen LogP contribution is 2.31. The molecule has 0 unspecified atom stereocenters. The second-order valence-electron chi connectivity index (χ2n) is 2.00. The van der Waals surface area contributed by atoms with Crippen LogP contribution in [0.1, 0.15) is 19.8 Å². The van der Waals surface area contributed by atoms with E-state index in [-0.39, 0.29) is 18.4 Å². The highest BCUT2D eigenvalue weighted by atomic mass is 32.2. The topological polar surface area (TPSA) is 9.23 Å². The molecule has 1 nitrogen and oxygen atoms in total. The van der Waals surface area contributed by atoms with Crippen molar-refractivity contribution < 1.29 is 17.9 Å². The maximum absolute atomic E-state index is 11.6. The van der Waals surface area contributed by atoms with Gasteiger partial charge in [0, 0.05) is 11.8 Å². The molecule has 0 saturated heterocycles. The van der Waals surface area contributed by atoms with Gasteiger partial charge in [0.05, 0.1) is 6.61 Å². The molecule has 0 N–H and O–H groups in total. The van der Waals surface area contributed by atoms with Crippen LogP contribution in [0.15, 0.2) is 0 Å². The van der Waals surface area contributed by atoms with E-state index in [9.17, 15) is 13.2 Å². The van der Waals surface area contributed by atoms with Crippen molar-refractivity contribution in [1.29, 1.82) is 0 Å². The Morgan fingerprint density at radius 1 is 1.50 bits per heavy atom. The molecule has 0 spiro atoms. The second-order valence-corrected chi connectivity index (χ2v) is 3.67. The summed E-state index contributed by atoms with van der Waals surface area (Å²) in [7, 11) is 0. The summed E-state index contributed by atoms with van der Waals surface area (Å²) in [5.41, 5.74) is -4.33. The van der Waals surface area contributed by atoms with Gasteiger partial charge < -0.3 is 4.74 Å². The van der Waals surface area contributed by atoms with E-state index in [0.717, 1.165) is 12.8 Å². The van der Waals surface area contributed by atoms with E-state index in [0.29, 0.717) is 0 Å². The number of ether oxygens (including phenoxy) is 1. The lowest BCUT2D eigenvalue weighted by atomic mass is 10.4. The molecule has 12 heavy (non-hydrogen) atoms. The van der Waals surface area contributed by atoms with Crippen LogP contribution in [0.5, 0.6) is 0 Å². The second kappa shape index (κ2) is 5.64. The van der Waals surface area contributed by atoms with E-state index in [1.54, 1.807) is 0 Å². The summed E-state index contributed by atoms with van der Waals surface area (Å²) < 4.78 is 39.0. The average molecular weight is 218 g/mol. The third-order valence-electron chi connectivity index (χ3n) is 0.917. The van der Waals surface area contributed by atoms with E-state index in [4.69, 9.17) is 0 Å². The van der Waals surface area contributed by atoms with Gasteiger partial charge in [-0.2, -0.15) is 13.2 Å². The first-order valence-corrected chi connectivity index (χ1v) is 4.60. The van der Waals surface area contributed by atoms with Gasteiger partial charge in [0.1, 0.15) is 0 Å². The summed E-state index contributed by atoms with van der Waals surface area (Å²) in [6, 6.07) is 0. The predicted octanol–water partition coefficient (Wildman–Crippen LogP) is 3.34. The smallest absolute Gasteiger partial charge is 0.450 e. The molecule has 0 amide bonds. The SMILES string of the molecule is CCCCOC(=S)SC(F)(F)F. The molecule has 0 aromatic rings. The molecule has 0 aliphatic rings. The molecule has 0 bridgehead atoms. The van der Waals surface area contributed by atoms with Crippen LogP contribution >= 0.6 is 24.0 Å². The number of thiocarbonyl (C=S) groups is 1. The fourth-order valence-electron chi connectivity index (χ4n) is 0.424. The van der Waals surface area contributed by atoms with Crippen molar-refractivity contribution >= 4 is 28.4 Å². The van der Waals surface area contributed by atoms with E-state index in [1.165, 1.54) is 0 Å². The Morgan fingerprint density at radius 3 is 2.50 bits per heavy atom. The fourth-order valence-corrected chi connectivity index (χ4v) is 1.12. The number of thioether (sulfide) groups is 1. The first-order chi connectivity index (χ1) is 5.45. The standard InChI is InChI=1S/C6H9F3OS2/c1-2-3-4-10-5(11)12-6(7,8)9/h2-4H2,1H3. The van der Waals surface area contributed by atoms with Gasteiger partial charge >= 0.3 is 5.51 Å². The molecular weight excluding hydrogens is 209 g/mol. The number of unbranched alkanes of at least 4 members (excludes halogenated alkanes) is 1. The summed E-state index contributed by atoms with van der Waals surface area (Å²) in [6.07, 6.45) is 1.60. The predicted molar refractivity (Wildman–Crippen MR) is 47.1 cm³/mol. The fraction of sp³-hybridized carbons (Fsp3) is 0.833. The van der Waals surface area contributed by atoms with Crippen molar-refractivity contribution in [3.05, 3.63) is 0 Å². The van der Waals surface area contributed by atoms with Gasteiger partial charge in [-0.25, -0.2) is 0 Å². The molecule has 0 aliphatic heterocycles. The maximum Gasteiger partial charge on any atom is 0.450 e. The Morgan fingerprint density at radius 2 is 2.08 bits per heavy atom. The van der Waals surface area contributed by atoms with Crippen molar-refractivity contribution in [1.82, 2.24) is 0 Å².